The van der Waals surface area contributed by atoms with Crippen LogP contribution in [0.4, 0.5) is 5.13 Å². The van der Waals surface area contributed by atoms with E-state index in [0.29, 0.717) is 17.1 Å². The van der Waals surface area contributed by atoms with Gasteiger partial charge < -0.3 is 9.88 Å². The number of benzene rings is 1. The Morgan fingerprint density at radius 3 is 2.67 bits per heavy atom. The van der Waals surface area contributed by atoms with Gasteiger partial charge in [0.1, 0.15) is 5.82 Å². The molecule has 0 bridgehead atoms. The van der Waals surface area contributed by atoms with E-state index >= 15 is 0 Å². The third-order valence-corrected chi connectivity index (χ3v) is 7.44. The largest absolute Gasteiger partial charge is 0.328 e. The first kappa shape index (κ1) is 22.4. The number of aryl methyl sites for hydroxylation is 3. The maximum Gasteiger partial charge on any atom is 0.242 e. The Morgan fingerprint density at radius 1 is 1.27 bits per heavy atom. The molecule has 0 fully saturated rings. The van der Waals surface area contributed by atoms with Gasteiger partial charge in [0.2, 0.25) is 15.9 Å². The molecule has 10 heteroatoms. The van der Waals surface area contributed by atoms with E-state index in [1.165, 1.54) is 29.7 Å². The Hall–Kier alpha value is -2.30. The van der Waals surface area contributed by atoms with Gasteiger partial charge in [0, 0.05) is 38.9 Å². The molecular formula is C20H27N5O3S2. The number of unbranched alkanes of at least 4 members (excludes halogenated alkanes) is 1. The zero-order chi connectivity index (χ0) is 21.9. The topological polar surface area (TPSA) is 97.2 Å². The van der Waals surface area contributed by atoms with Crippen LogP contribution >= 0.6 is 11.3 Å². The van der Waals surface area contributed by atoms with Gasteiger partial charge in [-0.05, 0) is 31.5 Å². The molecule has 2 heterocycles. The van der Waals surface area contributed by atoms with E-state index in [0.717, 1.165) is 36.4 Å². The van der Waals surface area contributed by atoms with E-state index in [4.69, 9.17) is 0 Å². The van der Waals surface area contributed by atoms with Gasteiger partial charge >= 0.3 is 0 Å². The zero-order valence-electron chi connectivity index (χ0n) is 17.7. The van der Waals surface area contributed by atoms with Crippen molar-refractivity contribution < 1.29 is 13.2 Å². The summed E-state index contributed by atoms with van der Waals surface area (Å²) in [4.78, 5) is 21.5. The van der Waals surface area contributed by atoms with E-state index in [-0.39, 0.29) is 17.2 Å². The summed E-state index contributed by atoms with van der Waals surface area (Å²) in [5.41, 5.74) is 2.38. The predicted octanol–water partition coefficient (Wildman–Crippen LogP) is 3.42. The van der Waals surface area contributed by atoms with E-state index < -0.39 is 10.0 Å². The van der Waals surface area contributed by atoms with Crippen LogP contribution in [0.3, 0.4) is 0 Å². The van der Waals surface area contributed by atoms with Crippen molar-refractivity contribution in [2.24, 2.45) is 0 Å². The summed E-state index contributed by atoms with van der Waals surface area (Å²) in [6.07, 6.45) is 2.73. The minimum atomic E-state index is -3.53. The van der Waals surface area contributed by atoms with Crippen LogP contribution in [0, 0.1) is 6.92 Å². The number of fused-ring (bicyclic) bond motifs is 1. The molecule has 3 rings (SSSR count). The average molecular weight is 450 g/mol. The number of hydrogen-bond donors (Lipinski definition) is 1. The maximum atomic E-state index is 12.5. The van der Waals surface area contributed by atoms with Gasteiger partial charge in [0.15, 0.2) is 5.13 Å². The minimum Gasteiger partial charge on any atom is -0.328 e. The lowest BCUT2D eigenvalue weighted by Crippen LogP contribution is -2.22. The fourth-order valence-electron chi connectivity index (χ4n) is 3.11. The molecule has 162 valence electrons. The number of anilines is 1. The zero-order valence-corrected chi connectivity index (χ0v) is 19.3. The first-order chi connectivity index (χ1) is 14.2. The number of sulfonamides is 1. The van der Waals surface area contributed by atoms with Gasteiger partial charge in [0.25, 0.3) is 0 Å². The second-order valence-corrected chi connectivity index (χ2v) is 10.3. The molecule has 2 aromatic heterocycles. The molecule has 0 aliphatic heterocycles. The Morgan fingerprint density at radius 2 is 2.03 bits per heavy atom. The number of rotatable bonds is 9. The fraction of sp³-hybridized carbons (Fsp3) is 0.450. The maximum absolute atomic E-state index is 12.5. The van der Waals surface area contributed by atoms with Crippen molar-refractivity contribution in [3.8, 4) is 0 Å². The summed E-state index contributed by atoms with van der Waals surface area (Å²) in [6, 6.07) is 5.02. The quantitative estimate of drug-likeness (QED) is 0.540. The van der Waals surface area contributed by atoms with Gasteiger partial charge in [-0.3, -0.25) is 4.79 Å². The van der Waals surface area contributed by atoms with Crippen molar-refractivity contribution in [1.29, 1.82) is 0 Å². The van der Waals surface area contributed by atoms with Gasteiger partial charge in [0.05, 0.1) is 21.6 Å². The van der Waals surface area contributed by atoms with Crippen molar-refractivity contribution in [2.75, 3.05) is 19.4 Å². The van der Waals surface area contributed by atoms with Crippen molar-refractivity contribution in [3.05, 3.63) is 35.1 Å². The number of carbonyl (C=O) groups excluding carboxylic acids is 1. The third-order valence-electron chi connectivity index (χ3n) is 4.75. The molecule has 0 aliphatic carbocycles. The fourth-order valence-corrected chi connectivity index (χ4v) is 4.73. The highest BCUT2D eigenvalue weighted by atomic mass is 32.2. The number of amides is 1. The smallest absolute Gasteiger partial charge is 0.242 e. The standard InChI is InChI=1S/C20H27N5O3S2/c1-5-6-11-25-17-8-7-15(30(27,28)24(3)4)12-16(17)22-18(25)9-10-19(26)23-20-21-14(2)13-29-20/h7-8,12-13H,5-6,9-11H2,1-4H3,(H,21,23,26). The summed E-state index contributed by atoms with van der Waals surface area (Å²) in [5.74, 6) is 0.664. The predicted molar refractivity (Wildman–Crippen MR) is 119 cm³/mol. The summed E-state index contributed by atoms with van der Waals surface area (Å²) >= 11 is 1.40. The highest BCUT2D eigenvalue weighted by Gasteiger charge is 2.20. The van der Waals surface area contributed by atoms with Gasteiger partial charge in [-0.25, -0.2) is 22.7 Å². The monoisotopic (exact) mass is 449 g/mol. The van der Waals surface area contributed by atoms with E-state index in [2.05, 4.69) is 26.8 Å². The Bertz CT molecular complexity index is 1150. The first-order valence-electron chi connectivity index (χ1n) is 9.86. The molecule has 0 aliphatic rings. The second-order valence-electron chi connectivity index (χ2n) is 7.31. The number of nitrogens with one attached hydrogen (secondary N) is 1. The van der Waals surface area contributed by atoms with Crippen molar-refractivity contribution in [3.63, 3.8) is 0 Å². The molecule has 3 aromatic rings. The van der Waals surface area contributed by atoms with E-state index in [1.807, 2.05) is 12.3 Å². The third kappa shape index (κ3) is 4.88. The van der Waals surface area contributed by atoms with Gasteiger partial charge in [-0.1, -0.05) is 13.3 Å². The van der Waals surface area contributed by atoms with Crippen LogP contribution in [0.25, 0.3) is 11.0 Å². The number of imidazole rings is 1. The van der Waals surface area contributed by atoms with Crippen LogP contribution < -0.4 is 5.32 Å². The summed E-state index contributed by atoms with van der Waals surface area (Å²) < 4.78 is 28.2. The SMILES string of the molecule is CCCCn1c(CCC(=O)Nc2nc(C)cs2)nc2cc(S(=O)(=O)N(C)C)ccc21. The summed E-state index contributed by atoms with van der Waals surface area (Å²) in [6.45, 7) is 4.77. The van der Waals surface area contributed by atoms with Crippen LogP contribution in [0.2, 0.25) is 0 Å². The molecule has 0 saturated heterocycles. The molecular weight excluding hydrogens is 422 g/mol. The van der Waals surface area contributed by atoms with Crippen molar-refractivity contribution in [2.45, 2.75) is 51.0 Å². The minimum absolute atomic E-state index is 0.116. The molecule has 0 unspecified atom stereocenters. The normalized spacial score (nSPS) is 12.0. The second kappa shape index (κ2) is 9.23. The molecule has 0 atom stereocenters. The lowest BCUT2D eigenvalue weighted by Gasteiger charge is -2.11. The number of thiazole rings is 1. The number of hydrogen-bond acceptors (Lipinski definition) is 6. The molecule has 1 amide bonds. The van der Waals surface area contributed by atoms with Crippen LogP contribution in [-0.4, -0.2) is 47.3 Å². The number of nitrogens with zero attached hydrogens (tertiary/aromatic N) is 4. The first-order valence-corrected chi connectivity index (χ1v) is 12.2. The van der Waals surface area contributed by atoms with Crippen molar-refractivity contribution in [1.82, 2.24) is 18.8 Å². The summed E-state index contributed by atoms with van der Waals surface area (Å²) in [5, 5.41) is 5.30. The Kier molecular flexibility index (Phi) is 6.89. The molecule has 30 heavy (non-hydrogen) atoms. The van der Waals surface area contributed by atoms with Gasteiger partial charge in [-0.2, -0.15) is 0 Å². The summed E-state index contributed by atoms with van der Waals surface area (Å²) in [7, 11) is -0.518. The molecule has 1 aromatic carbocycles. The Labute approximate surface area is 181 Å². The van der Waals surface area contributed by atoms with Crippen LogP contribution in [-0.2, 0) is 27.8 Å². The van der Waals surface area contributed by atoms with Crippen LogP contribution in [0.15, 0.2) is 28.5 Å². The molecule has 0 saturated carbocycles. The van der Waals surface area contributed by atoms with E-state index in [9.17, 15) is 13.2 Å². The molecule has 1 N–H and O–H groups in total. The number of aromatic nitrogens is 3. The lowest BCUT2D eigenvalue weighted by molar-refractivity contribution is -0.116. The average Bonchev–Trinajstić information content (AvgIpc) is 3.26. The molecule has 0 spiro atoms. The molecule has 8 nitrogen and oxygen atoms in total. The van der Waals surface area contributed by atoms with Crippen molar-refractivity contribution >= 4 is 43.4 Å². The molecule has 0 radical (unpaired) electrons. The van der Waals surface area contributed by atoms with Gasteiger partial charge in [-0.15, -0.1) is 11.3 Å². The van der Waals surface area contributed by atoms with Crippen LogP contribution in [0.1, 0.15) is 37.7 Å². The Balaban J connectivity index is 1.85. The van der Waals surface area contributed by atoms with E-state index in [1.54, 1.807) is 18.2 Å². The number of carbonyl (C=O) groups is 1. The lowest BCUT2D eigenvalue weighted by atomic mass is 10.2. The highest BCUT2D eigenvalue weighted by Crippen LogP contribution is 2.23. The highest BCUT2D eigenvalue weighted by molar-refractivity contribution is 7.89. The van der Waals surface area contributed by atoms with Crippen LogP contribution in [0.5, 0.6) is 0 Å².